The molecular weight excluding hydrogens is 218 g/mol. The fraction of sp³-hybridized carbons (Fsp3) is 0.444. The normalized spacial score (nSPS) is 10.1. The van der Waals surface area contributed by atoms with Crippen molar-refractivity contribution in [2.75, 3.05) is 7.11 Å². The van der Waals surface area contributed by atoms with Crippen LogP contribution in [0.2, 0.25) is 0 Å². The molecule has 0 amide bonds. The second-order valence-corrected chi connectivity index (χ2v) is 3.61. The Morgan fingerprint density at radius 3 is 2.42 bits per heavy atom. The molecule has 1 rings (SSSR count). The topological polar surface area (TPSA) is 13.1 Å². The van der Waals surface area contributed by atoms with Crippen molar-refractivity contribution in [3.05, 3.63) is 27.5 Å². The summed E-state index contributed by atoms with van der Waals surface area (Å²) >= 11 is 3.48. The van der Waals surface area contributed by atoms with Crippen molar-refractivity contribution in [3.63, 3.8) is 0 Å². The van der Waals surface area contributed by atoms with Crippen LogP contribution >= 0.6 is 15.9 Å². The molecule has 0 radical (unpaired) electrons. The highest BCUT2D eigenvalue weighted by atomic mass is 79.9. The molecule has 2 nitrogen and oxygen atoms in total. The van der Waals surface area contributed by atoms with Gasteiger partial charge >= 0.3 is 4.60 Å². The SMILES string of the molecule is CO[n+]1c(C)cc(C)c(C)c1Br. The molecule has 1 aromatic heterocycles. The Bertz CT molecular complexity index is 310. The quantitative estimate of drug-likeness (QED) is 0.529. The van der Waals surface area contributed by atoms with Gasteiger partial charge in [-0.05, 0) is 19.4 Å². The zero-order chi connectivity index (χ0) is 9.30. The first kappa shape index (κ1) is 9.52. The number of hydrogen-bond donors (Lipinski definition) is 0. The van der Waals surface area contributed by atoms with E-state index >= 15 is 0 Å². The molecule has 0 saturated heterocycles. The maximum Gasteiger partial charge on any atom is 0.302 e. The molecule has 12 heavy (non-hydrogen) atoms. The molecule has 1 aromatic rings. The van der Waals surface area contributed by atoms with Crippen LogP contribution in [0.25, 0.3) is 0 Å². The second kappa shape index (κ2) is 3.44. The van der Waals surface area contributed by atoms with E-state index in [4.69, 9.17) is 4.84 Å². The van der Waals surface area contributed by atoms with E-state index in [1.54, 1.807) is 11.8 Å². The summed E-state index contributed by atoms with van der Waals surface area (Å²) in [5.74, 6) is 0. The minimum absolute atomic E-state index is 0.988. The number of hydrogen-bond acceptors (Lipinski definition) is 1. The van der Waals surface area contributed by atoms with Crippen LogP contribution in [0.15, 0.2) is 10.7 Å². The molecular formula is C9H13BrNO+. The van der Waals surface area contributed by atoms with Crippen molar-refractivity contribution < 1.29 is 9.57 Å². The summed E-state index contributed by atoms with van der Waals surface area (Å²) in [6, 6.07) is 2.10. The molecule has 0 atom stereocenters. The van der Waals surface area contributed by atoms with Gasteiger partial charge in [-0.1, -0.05) is 0 Å². The number of rotatable bonds is 1. The van der Waals surface area contributed by atoms with Crippen LogP contribution in [0.5, 0.6) is 0 Å². The Balaban J connectivity index is 3.40. The van der Waals surface area contributed by atoms with Gasteiger partial charge in [0.1, 0.15) is 7.11 Å². The average Bonchev–Trinajstić information content (AvgIpc) is 2.01. The van der Waals surface area contributed by atoms with Gasteiger partial charge < -0.3 is 0 Å². The summed E-state index contributed by atoms with van der Waals surface area (Å²) in [6.45, 7) is 6.17. The van der Waals surface area contributed by atoms with Gasteiger partial charge in [-0.15, -0.1) is 0 Å². The van der Waals surface area contributed by atoms with Crippen molar-refractivity contribution in [3.8, 4) is 0 Å². The molecule has 0 fully saturated rings. The third-order valence-electron chi connectivity index (χ3n) is 2.01. The van der Waals surface area contributed by atoms with Crippen LogP contribution in [0.3, 0.4) is 0 Å². The van der Waals surface area contributed by atoms with E-state index in [-0.39, 0.29) is 0 Å². The van der Waals surface area contributed by atoms with Gasteiger partial charge in [0.05, 0.1) is 0 Å². The molecule has 0 bridgehead atoms. The lowest BCUT2D eigenvalue weighted by Crippen LogP contribution is -2.45. The summed E-state index contributed by atoms with van der Waals surface area (Å²) < 4.78 is 2.75. The fourth-order valence-electron chi connectivity index (χ4n) is 1.17. The Labute approximate surface area is 81.3 Å². The van der Waals surface area contributed by atoms with Gasteiger partial charge in [0.15, 0.2) is 0 Å². The second-order valence-electron chi connectivity index (χ2n) is 2.86. The molecule has 0 saturated carbocycles. The van der Waals surface area contributed by atoms with Gasteiger partial charge in [-0.2, -0.15) is 0 Å². The molecule has 0 spiro atoms. The van der Waals surface area contributed by atoms with E-state index in [2.05, 4.69) is 35.8 Å². The van der Waals surface area contributed by atoms with E-state index in [1.807, 2.05) is 6.92 Å². The Kier molecular flexibility index (Phi) is 2.73. The van der Waals surface area contributed by atoms with Crippen LogP contribution in [0.4, 0.5) is 0 Å². The molecule has 0 aromatic carbocycles. The summed E-state index contributed by atoms with van der Waals surface area (Å²) in [5.41, 5.74) is 3.57. The smallest absolute Gasteiger partial charge is 0.273 e. The van der Waals surface area contributed by atoms with Crippen molar-refractivity contribution >= 4 is 15.9 Å². The lowest BCUT2D eigenvalue weighted by atomic mass is 10.1. The lowest BCUT2D eigenvalue weighted by Gasteiger charge is -2.03. The lowest BCUT2D eigenvalue weighted by molar-refractivity contribution is -0.898. The van der Waals surface area contributed by atoms with E-state index in [1.165, 1.54) is 11.1 Å². The molecule has 0 aliphatic rings. The molecule has 0 aliphatic heterocycles. The van der Waals surface area contributed by atoms with Gasteiger partial charge in [-0.25, -0.2) is 0 Å². The van der Waals surface area contributed by atoms with Gasteiger partial charge in [0.2, 0.25) is 5.69 Å². The molecule has 3 heteroatoms. The zero-order valence-electron chi connectivity index (χ0n) is 7.81. The number of aryl methyl sites for hydroxylation is 2. The zero-order valence-corrected chi connectivity index (χ0v) is 9.40. The predicted molar refractivity (Wildman–Crippen MR) is 51.1 cm³/mol. The summed E-state index contributed by atoms with van der Waals surface area (Å²) in [5, 5.41) is 0. The first-order chi connectivity index (χ1) is 5.57. The van der Waals surface area contributed by atoms with Crippen LogP contribution in [0.1, 0.15) is 16.8 Å². The first-order valence-corrected chi connectivity index (χ1v) is 4.60. The van der Waals surface area contributed by atoms with Crippen LogP contribution in [-0.4, -0.2) is 7.11 Å². The Morgan fingerprint density at radius 2 is 1.92 bits per heavy atom. The monoisotopic (exact) mass is 230 g/mol. The molecule has 1 heterocycles. The number of pyridine rings is 1. The van der Waals surface area contributed by atoms with Crippen molar-refractivity contribution in [2.45, 2.75) is 20.8 Å². The number of aromatic nitrogens is 1. The van der Waals surface area contributed by atoms with E-state index in [0.717, 1.165) is 10.3 Å². The van der Waals surface area contributed by atoms with Gasteiger partial charge in [0.25, 0.3) is 0 Å². The molecule has 0 unspecified atom stereocenters. The van der Waals surface area contributed by atoms with Gasteiger partial charge in [-0.3, -0.25) is 4.84 Å². The highest BCUT2D eigenvalue weighted by Crippen LogP contribution is 2.15. The minimum atomic E-state index is 0.988. The number of halogens is 1. The van der Waals surface area contributed by atoms with E-state index < -0.39 is 0 Å². The summed E-state index contributed by atoms with van der Waals surface area (Å²) in [4.78, 5) is 5.18. The maximum absolute atomic E-state index is 5.18. The average molecular weight is 231 g/mol. The third-order valence-corrected chi connectivity index (χ3v) is 2.92. The van der Waals surface area contributed by atoms with Crippen LogP contribution in [0, 0.1) is 20.8 Å². The van der Waals surface area contributed by atoms with Crippen LogP contribution in [-0.2, 0) is 0 Å². The molecule has 0 N–H and O–H groups in total. The standard InChI is InChI=1S/C9H13BrNO/c1-6-5-7(2)11(12-4)9(10)8(6)3/h5H,1-4H3/q+1. The van der Waals surface area contributed by atoms with Gasteiger partial charge in [0, 0.05) is 39.2 Å². The van der Waals surface area contributed by atoms with Crippen LogP contribution < -0.4 is 9.57 Å². The van der Waals surface area contributed by atoms with Crippen molar-refractivity contribution in [1.82, 2.24) is 0 Å². The maximum atomic E-state index is 5.18. The first-order valence-electron chi connectivity index (χ1n) is 3.80. The Morgan fingerprint density at radius 1 is 1.33 bits per heavy atom. The van der Waals surface area contributed by atoms with Crippen molar-refractivity contribution in [2.24, 2.45) is 0 Å². The summed E-state index contributed by atoms with van der Waals surface area (Å²) in [7, 11) is 1.66. The third kappa shape index (κ3) is 1.46. The van der Waals surface area contributed by atoms with Crippen molar-refractivity contribution in [1.29, 1.82) is 0 Å². The predicted octanol–water partition coefficient (Wildman–Crippen LogP) is 1.72. The number of nitrogens with zero attached hydrogens (tertiary/aromatic N) is 1. The minimum Gasteiger partial charge on any atom is -0.273 e. The largest absolute Gasteiger partial charge is 0.302 e. The molecule has 66 valence electrons. The molecule has 0 aliphatic carbocycles. The highest BCUT2D eigenvalue weighted by Gasteiger charge is 2.17. The highest BCUT2D eigenvalue weighted by molar-refractivity contribution is 9.10. The summed E-state index contributed by atoms with van der Waals surface area (Å²) in [6.07, 6.45) is 0. The fourth-order valence-corrected chi connectivity index (χ4v) is 1.91. The van der Waals surface area contributed by atoms with E-state index in [9.17, 15) is 0 Å². The van der Waals surface area contributed by atoms with E-state index in [0.29, 0.717) is 0 Å². The Hall–Kier alpha value is -0.570.